The molecule has 10 heteroatoms. The van der Waals surface area contributed by atoms with Crippen molar-refractivity contribution < 1.29 is 23.1 Å². The number of hydrogen-bond acceptors (Lipinski definition) is 5. The minimum absolute atomic E-state index is 0.0669. The highest BCUT2D eigenvalue weighted by atomic mass is 35.5. The Kier molecular flexibility index (Phi) is 7.60. The van der Waals surface area contributed by atoms with Gasteiger partial charge in [0.1, 0.15) is 0 Å². The zero-order valence-electron chi connectivity index (χ0n) is 15.1. The van der Waals surface area contributed by atoms with E-state index >= 15 is 0 Å². The van der Waals surface area contributed by atoms with Crippen molar-refractivity contribution in [2.24, 2.45) is 5.92 Å². The maximum Gasteiger partial charge on any atom is 0.243 e. The number of nitrogens with zero attached hydrogens (tertiary/aromatic N) is 2. The molecule has 1 heterocycles. The van der Waals surface area contributed by atoms with E-state index in [1.54, 1.807) is 0 Å². The summed E-state index contributed by atoms with van der Waals surface area (Å²) in [6, 6.07) is 5.90. The first kappa shape index (κ1) is 21.6. The lowest BCUT2D eigenvalue weighted by Crippen LogP contribution is -2.47. The number of aliphatic hydroxyl groups is 1. The van der Waals surface area contributed by atoms with Crippen LogP contribution in [0, 0.1) is 5.92 Å². The maximum atomic E-state index is 12.8. The molecule has 1 unspecified atom stereocenters. The van der Waals surface area contributed by atoms with E-state index in [9.17, 15) is 18.0 Å². The van der Waals surface area contributed by atoms with E-state index in [1.807, 2.05) is 0 Å². The van der Waals surface area contributed by atoms with Gasteiger partial charge in [-0.1, -0.05) is 11.6 Å². The summed E-state index contributed by atoms with van der Waals surface area (Å²) < 4.78 is 26.8. The van der Waals surface area contributed by atoms with Gasteiger partial charge in [-0.2, -0.15) is 4.31 Å². The van der Waals surface area contributed by atoms with E-state index in [1.165, 1.54) is 40.5 Å². The van der Waals surface area contributed by atoms with E-state index in [0.29, 0.717) is 24.4 Å². The summed E-state index contributed by atoms with van der Waals surface area (Å²) in [6.45, 7) is 0.252. The molecule has 1 saturated heterocycles. The standard InChI is InChI=1S/C17H24ClN3O5S/c1-20(9-10-22)16(23)11-19-17(24)13-3-2-8-21(12-13)27(25,26)15-6-4-14(18)5-7-15/h4-7,13,22H,2-3,8-12H2,1H3,(H,19,24). The third-order valence-corrected chi connectivity index (χ3v) is 6.61. The lowest BCUT2D eigenvalue weighted by Gasteiger charge is -2.31. The predicted molar refractivity (Wildman–Crippen MR) is 101 cm³/mol. The van der Waals surface area contributed by atoms with E-state index in [4.69, 9.17) is 16.7 Å². The van der Waals surface area contributed by atoms with Crippen LogP contribution in [0.1, 0.15) is 12.8 Å². The van der Waals surface area contributed by atoms with Crippen molar-refractivity contribution in [3.8, 4) is 0 Å². The van der Waals surface area contributed by atoms with Gasteiger partial charge in [-0.25, -0.2) is 8.42 Å². The molecule has 1 aliphatic rings. The molecule has 0 aromatic heterocycles. The molecular weight excluding hydrogens is 394 g/mol. The monoisotopic (exact) mass is 417 g/mol. The van der Waals surface area contributed by atoms with Crippen molar-refractivity contribution in [1.82, 2.24) is 14.5 Å². The van der Waals surface area contributed by atoms with Gasteiger partial charge in [-0.3, -0.25) is 9.59 Å². The third-order valence-electron chi connectivity index (χ3n) is 4.48. The smallest absolute Gasteiger partial charge is 0.243 e. The fourth-order valence-electron chi connectivity index (χ4n) is 2.85. The second kappa shape index (κ2) is 9.50. The summed E-state index contributed by atoms with van der Waals surface area (Å²) in [7, 11) is -2.17. The number of aliphatic hydroxyl groups excluding tert-OH is 1. The first-order valence-corrected chi connectivity index (χ1v) is 10.5. The molecule has 0 saturated carbocycles. The fraction of sp³-hybridized carbons (Fsp3) is 0.529. The van der Waals surface area contributed by atoms with Gasteiger partial charge in [-0.05, 0) is 37.1 Å². The SMILES string of the molecule is CN(CCO)C(=O)CNC(=O)C1CCCN(S(=O)(=O)c2ccc(Cl)cc2)C1. The quantitative estimate of drug-likeness (QED) is 0.663. The molecule has 2 amide bonds. The molecule has 0 radical (unpaired) electrons. The van der Waals surface area contributed by atoms with Crippen LogP contribution in [0.5, 0.6) is 0 Å². The summed E-state index contributed by atoms with van der Waals surface area (Å²) in [5, 5.41) is 11.8. The van der Waals surface area contributed by atoms with Crippen LogP contribution in [0.2, 0.25) is 5.02 Å². The molecule has 8 nitrogen and oxygen atoms in total. The predicted octanol–water partition coefficient (Wildman–Crippen LogP) is 0.308. The Morgan fingerprint density at radius 1 is 1.33 bits per heavy atom. The molecule has 0 aliphatic carbocycles. The number of halogens is 1. The Bertz CT molecular complexity index is 769. The van der Waals surface area contributed by atoms with E-state index < -0.39 is 15.9 Å². The number of amides is 2. The minimum Gasteiger partial charge on any atom is -0.395 e. The number of hydrogen-bond donors (Lipinski definition) is 2. The minimum atomic E-state index is -3.71. The Hall–Kier alpha value is -1.68. The van der Waals surface area contributed by atoms with Gasteiger partial charge >= 0.3 is 0 Å². The fourth-order valence-corrected chi connectivity index (χ4v) is 4.50. The molecule has 2 N–H and O–H groups in total. The van der Waals surface area contributed by atoms with Gasteiger partial charge in [0.2, 0.25) is 21.8 Å². The average Bonchev–Trinajstić information content (AvgIpc) is 2.66. The first-order valence-electron chi connectivity index (χ1n) is 8.64. The van der Waals surface area contributed by atoms with Crippen molar-refractivity contribution in [3.05, 3.63) is 29.3 Å². The van der Waals surface area contributed by atoms with Crippen molar-refractivity contribution in [3.63, 3.8) is 0 Å². The van der Waals surface area contributed by atoms with Gasteiger partial charge in [0.25, 0.3) is 0 Å². The van der Waals surface area contributed by atoms with Gasteiger partial charge in [-0.15, -0.1) is 0 Å². The molecule has 1 fully saturated rings. The topological polar surface area (TPSA) is 107 Å². The Morgan fingerprint density at radius 3 is 2.63 bits per heavy atom. The van der Waals surface area contributed by atoms with Crippen LogP contribution in [0.25, 0.3) is 0 Å². The summed E-state index contributed by atoms with van der Waals surface area (Å²) in [5.74, 6) is -1.19. The van der Waals surface area contributed by atoms with Gasteiger partial charge in [0.15, 0.2) is 0 Å². The highest BCUT2D eigenvalue weighted by molar-refractivity contribution is 7.89. The Labute approximate surface area is 164 Å². The van der Waals surface area contributed by atoms with E-state index in [0.717, 1.165) is 0 Å². The highest BCUT2D eigenvalue weighted by Crippen LogP contribution is 2.24. The number of sulfonamides is 1. The van der Waals surface area contributed by atoms with Crippen LogP contribution in [0.15, 0.2) is 29.2 Å². The molecule has 0 spiro atoms. The largest absolute Gasteiger partial charge is 0.395 e. The second-order valence-corrected chi connectivity index (χ2v) is 8.79. The highest BCUT2D eigenvalue weighted by Gasteiger charge is 2.33. The van der Waals surface area contributed by atoms with E-state index in [2.05, 4.69) is 5.32 Å². The van der Waals surface area contributed by atoms with Crippen LogP contribution in [-0.4, -0.2) is 74.4 Å². The third kappa shape index (κ3) is 5.65. The number of piperidine rings is 1. The Balaban J connectivity index is 1.97. The van der Waals surface area contributed by atoms with Crippen LogP contribution in [-0.2, 0) is 19.6 Å². The number of benzene rings is 1. The van der Waals surface area contributed by atoms with Crippen molar-refractivity contribution in [1.29, 1.82) is 0 Å². The number of likely N-dealkylation sites (N-methyl/N-ethyl adjacent to an activating group) is 1. The molecule has 1 aliphatic heterocycles. The zero-order valence-corrected chi connectivity index (χ0v) is 16.7. The summed E-state index contributed by atoms with van der Waals surface area (Å²) >= 11 is 5.81. The van der Waals surface area contributed by atoms with Crippen LogP contribution < -0.4 is 5.32 Å². The van der Waals surface area contributed by atoms with Gasteiger partial charge in [0.05, 0.1) is 24.0 Å². The van der Waals surface area contributed by atoms with Crippen LogP contribution in [0.3, 0.4) is 0 Å². The van der Waals surface area contributed by atoms with Crippen molar-refractivity contribution >= 4 is 33.4 Å². The summed E-state index contributed by atoms with van der Waals surface area (Å²) in [6.07, 6.45) is 1.11. The van der Waals surface area contributed by atoms with Gasteiger partial charge in [0, 0.05) is 31.7 Å². The van der Waals surface area contributed by atoms with Crippen molar-refractivity contribution in [2.45, 2.75) is 17.7 Å². The zero-order chi connectivity index (χ0) is 20.0. The van der Waals surface area contributed by atoms with Crippen LogP contribution >= 0.6 is 11.6 Å². The summed E-state index contributed by atoms with van der Waals surface area (Å²) in [4.78, 5) is 25.7. The normalized spacial score (nSPS) is 18.1. The molecule has 0 bridgehead atoms. The second-order valence-electron chi connectivity index (χ2n) is 6.41. The molecule has 1 aromatic carbocycles. The maximum absolute atomic E-state index is 12.8. The van der Waals surface area contributed by atoms with E-state index in [-0.39, 0.29) is 43.0 Å². The molecule has 27 heavy (non-hydrogen) atoms. The summed E-state index contributed by atoms with van der Waals surface area (Å²) in [5.41, 5.74) is 0. The lowest BCUT2D eigenvalue weighted by molar-refractivity contribution is -0.133. The molecule has 2 rings (SSSR count). The van der Waals surface area contributed by atoms with Crippen molar-refractivity contribution in [2.75, 3.05) is 39.8 Å². The average molecular weight is 418 g/mol. The number of carbonyl (C=O) groups is 2. The number of rotatable bonds is 7. The van der Waals surface area contributed by atoms with Gasteiger partial charge < -0.3 is 15.3 Å². The molecular formula is C17H24ClN3O5S. The molecule has 1 aromatic rings. The molecule has 1 atom stereocenters. The van der Waals surface area contributed by atoms with Crippen LogP contribution in [0.4, 0.5) is 0 Å². The number of nitrogens with one attached hydrogen (secondary N) is 1. The first-order chi connectivity index (χ1) is 12.8. The molecule has 150 valence electrons. The Morgan fingerprint density at radius 2 is 2.00 bits per heavy atom. The lowest BCUT2D eigenvalue weighted by atomic mass is 9.99. The number of carbonyl (C=O) groups excluding carboxylic acids is 2.